The fourth-order valence-electron chi connectivity index (χ4n) is 3.58. The third kappa shape index (κ3) is 3.35. The van der Waals surface area contributed by atoms with Crippen LogP contribution in [0.1, 0.15) is 34.1 Å². The first kappa shape index (κ1) is 18.1. The van der Waals surface area contributed by atoms with E-state index in [4.69, 9.17) is 5.73 Å². The number of piperazine rings is 1. The topological polar surface area (TPSA) is 95.3 Å². The molecule has 1 aliphatic heterocycles. The maximum Gasteiger partial charge on any atom is 0.246 e. The molecule has 138 valence electrons. The lowest BCUT2D eigenvalue weighted by Crippen LogP contribution is -2.54. The highest BCUT2D eigenvalue weighted by Gasteiger charge is 2.32. The van der Waals surface area contributed by atoms with Gasteiger partial charge in [0.2, 0.25) is 11.8 Å². The van der Waals surface area contributed by atoms with Gasteiger partial charge in [-0.2, -0.15) is 5.10 Å². The summed E-state index contributed by atoms with van der Waals surface area (Å²) in [5.41, 5.74) is 11.5. The van der Waals surface area contributed by atoms with Gasteiger partial charge in [-0.1, -0.05) is 6.07 Å². The van der Waals surface area contributed by atoms with Crippen molar-refractivity contribution in [3.05, 3.63) is 46.3 Å². The summed E-state index contributed by atoms with van der Waals surface area (Å²) in [6.07, 6.45) is 0. The second-order valence-electron chi connectivity index (χ2n) is 6.98. The number of rotatable bonds is 3. The van der Waals surface area contributed by atoms with Gasteiger partial charge in [-0.25, -0.2) is 0 Å². The van der Waals surface area contributed by atoms with Crippen LogP contribution in [0, 0.1) is 27.7 Å². The molecule has 1 fully saturated rings. The number of anilines is 1. The van der Waals surface area contributed by atoms with Gasteiger partial charge in [-0.05, 0) is 51.0 Å². The van der Waals surface area contributed by atoms with Crippen molar-refractivity contribution in [3.63, 3.8) is 0 Å². The largest absolute Gasteiger partial charge is 0.330 e. The van der Waals surface area contributed by atoms with Crippen LogP contribution in [0.5, 0.6) is 0 Å². The first-order chi connectivity index (χ1) is 12.3. The van der Waals surface area contributed by atoms with Crippen molar-refractivity contribution in [3.8, 4) is 0 Å². The Labute approximate surface area is 153 Å². The van der Waals surface area contributed by atoms with Crippen LogP contribution in [-0.2, 0) is 9.59 Å². The zero-order valence-corrected chi connectivity index (χ0v) is 15.7. The SMILES string of the molecule is Cc1cc(C)cc(N2CCN(C(=O)[C@@H](N)c3c(C)n[nH]c3C)CC2=O)c1. The molecule has 2 amide bonds. The summed E-state index contributed by atoms with van der Waals surface area (Å²) >= 11 is 0. The second kappa shape index (κ2) is 6.92. The summed E-state index contributed by atoms with van der Waals surface area (Å²) in [6.45, 7) is 8.63. The highest BCUT2D eigenvalue weighted by Crippen LogP contribution is 2.23. The number of nitrogens with two attached hydrogens (primary N) is 1. The molecule has 3 N–H and O–H groups in total. The molecule has 1 atom stereocenters. The predicted molar refractivity (Wildman–Crippen MR) is 99.8 cm³/mol. The third-order valence-electron chi connectivity index (χ3n) is 4.81. The predicted octanol–water partition coefficient (Wildman–Crippen LogP) is 1.52. The highest BCUT2D eigenvalue weighted by molar-refractivity contribution is 5.98. The first-order valence-electron chi connectivity index (χ1n) is 8.72. The van der Waals surface area contributed by atoms with E-state index in [1.54, 1.807) is 4.90 Å². The van der Waals surface area contributed by atoms with Crippen LogP contribution in [0.15, 0.2) is 18.2 Å². The second-order valence-corrected chi connectivity index (χ2v) is 6.98. The summed E-state index contributed by atoms with van der Waals surface area (Å²) in [5.74, 6) is -0.339. The van der Waals surface area contributed by atoms with Crippen molar-refractivity contribution < 1.29 is 9.59 Å². The van der Waals surface area contributed by atoms with Gasteiger partial charge in [0.25, 0.3) is 0 Å². The number of carbonyl (C=O) groups excluding carboxylic acids is 2. The van der Waals surface area contributed by atoms with Gasteiger partial charge >= 0.3 is 0 Å². The number of aromatic amines is 1. The van der Waals surface area contributed by atoms with Crippen LogP contribution in [0.3, 0.4) is 0 Å². The molecule has 0 aliphatic carbocycles. The van der Waals surface area contributed by atoms with E-state index in [1.165, 1.54) is 4.90 Å². The van der Waals surface area contributed by atoms with Gasteiger partial charge in [0.05, 0.1) is 5.69 Å². The molecule has 2 heterocycles. The summed E-state index contributed by atoms with van der Waals surface area (Å²) in [5, 5.41) is 6.94. The number of nitrogens with one attached hydrogen (secondary N) is 1. The van der Waals surface area contributed by atoms with Gasteiger partial charge in [0.1, 0.15) is 12.6 Å². The average Bonchev–Trinajstić information content (AvgIpc) is 2.91. The Bertz CT molecular complexity index is 818. The van der Waals surface area contributed by atoms with Gasteiger partial charge in [-0.3, -0.25) is 14.7 Å². The van der Waals surface area contributed by atoms with Crippen molar-refractivity contribution in [2.45, 2.75) is 33.7 Å². The normalized spacial score (nSPS) is 16.1. The number of amides is 2. The summed E-state index contributed by atoms with van der Waals surface area (Å²) in [4.78, 5) is 28.7. The Morgan fingerprint density at radius 2 is 1.81 bits per heavy atom. The molecule has 7 nitrogen and oxygen atoms in total. The Morgan fingerprint density at radius 1 is 1.15 bits per heavy atom. The minimum Gasteiger partial charge on any atom is -0.330 e. The first-order valence-corrected chi connectivity index (χ1v) is 8.72. The van der Waals surface area contributed by atoms with Crippen LogP contribution in [0.25, 0.3) is 0 Å². The molecule has 0 saturated carbocycles. The molecule has 3 rings (SSSR count). The van der Waals surface area contributed by atoms with E-state index in [-0.39, 0.29) is 18.4 Å². The maximum absolute atomic E-state index is 12.8. The van der Waals surface area contributed by atoms with Gasteiger partial charge in [-0.15, -0.1) is 0 Å². The highest BCUT2D eigenvalue weighted by atomic mass is 16.2. The lowest BCUT2D eigenvalue weighted by Gasteiger charge is -2.35. The zero-order valence-electron chi connectivity index (χ0n) is 15.7. The van der Waals surface area contributed by atoms with Crippen LogP contribution in [-0.4, -0.2) is 46.5 Å². The van der Waals surface area contributed by atoms with E-state index >= 15 is 0 Å². The summed E-state index contributed by atoms with van der Waals surface area (Å²) < 4.78 is 0. The fourth-order valence-corrected chi connectivity index (χ4v) is 3.58. The molecule has 0 spiro atoms. The molecule has 1 aromatic heterocycles. The Kier molecular flexibility index (Phi) is 4.82. The number of H-pyrrole nitrogens is 1. The smallest absolute Gasteiger partial charge is 0.246 e. The van der Waals surface area contributed by atoms with E-state index in [1.807, 2.05) is 39.8 Å². The van der Waals surface area contributed by atoms with Crippen LogP contribution in [0.4, 0.5) is 5.69 Å². The summed E-state index contributed by atoms with van der Waals surface area (Å²) in [7, 11) is 0. The number of benzene rings is 1. The molecular formula is C19H25N5O2. The minimum absolute atomic E-state index is 0.0372. The quantitative estimate of drug-likeness (QED) is 0.872. The van der Waals surface area contributed by atoms with Crippen LogP contribution in [0.2, 0.25) is 0 Å². The van der Waals surface area contributed by atoms with E-state index < -0.39 is 6.04 Å². The van der Waals surface area contributed by atoms with Crippen molar-refractivity contribution >= 4 is 17.5 Å². The standard InChI is InChI=1S/C19H25N5O2/c1-11-7-12(2)9-15(8-11)24-6-5-23(10-16(24)25)19(26)18(20)17-13(3)21-22-14(17)4/h7-9,18H,5-6,10,20H2,1-4H3,(H,21,22)/t18-/m0/s1. The lowest BCUT2D eigenvalue weighted by atomic mass is 10.0. The summed E-state index contributed by atoms with van der Waals surface area (Å²) in [6, 6.07) is 5.25. The van der Waals surface area contributed by atoms with E-state index in [2.05, 4.69) is 16.3 Å². The van der Waals surface area contributed by atoms with Gasteiger partial charge in [0, 0.05) is 30.0 Å². The average molecular weight is 355 g/mol. The number of carbonyl (C=O) groups is 2. The van der Waals surface area contributed by atoms with Crippen molar-refractivity contribution in [1.29, 1.82) is 0 Å². The fraction of sp³-hybridized carbons (Fsp3) is 0.421. The van der Waals surface area contributed by atoms with E-state index in [0.29, 0.717) is 24.3 Å². The monoisotopic (exact) mass is 355 g/mol. The third-order valence-corrected chi connectivity index (χ3v) is 4.81. The van der Waals surface area contributed by atoms with Gasteiger partial charge < -0.3 is 15.5 Å². The molecule has 2 aromatic rings. The number of aryl methyl sites for hydroxylation is 4. The molecule has 7 heteroatoms. The van der Waals surface area contributed by atoms with E-state index in [9.17, 15) is 9.59 Å². The minimum atomic E-state index is -0.811. The molecular weight excluding hydrogens is 330 g/mol. The Balaban J connectivity index is 1.74. The lowest BCUT2D eigenvalue weighted by molar-refractivity contribution is -0.138. The van der Waals surface area contributed by atoms with Crippen molar-refractivity contribution in [2.24, 2.45) is 5.73 Å². The molecule has 1 saturated heterocycles. The zero-order chi connectivity index (χ0) is 19.0. The number of hydrogen-bond donors (Lipinski definition) is 2. The Hall–Kier alpha value is -2.67. The number of nitrogens with zero attached hydrogens (tertiary/aromatic N) is 3. The number of hydrogen-bond acceptors (Lipinski definition) is 4. The number of aromatic nitrogens is 2. The molecule has 0 unspecified atom stereocenters. The molecule has 1 aliphatic rings. The molecule has 0 bridgehead atoms. The van der Waals surface area contributed by atoms with Crippen LogP contribution >= 0.6 is 0 Å². The van der Waals surface area contributed by atoms with E-state index in [0.717, 1.165) is 22.5 Å². The van der Waals surface area contributed by atoms with Crippen LogP contribution < -0.4 is 10.6 Å². The molecule has 0 radical (unpaired) electrons. The molecule has 26 heavy (non-hydrogen) atoms. The van der Waals surface area contributed by atoms with Crippen molar-refractivity contribution in [2.75, 3.05) is 24.5 Å². The van der Waals surface area contributed by atoms with Gasteiger partial charge in [0.15, 0.2) is 0 Å². The maximum atomic E-state index is 12.8. The molecule has 1 aromatic carbocycles. The Morgan fingerprint density at radius 3 is 2.35 bits per heavy atom. The van der Waals surface area contributed by atoms with Crippen molar-refractivity contribution in [1.82, 2.24) is 15.1 Å².